The molecule has 1 fully saturated rings. The third-order valence-electron chi connectivity index (χ3n) is 3.26. The van der Waals surface area contributed by atoms with Crippen molar-refractivity contribution in [2.24, 2.45) is 5.84 Å². The largest absolute Gasteiger partial charge is 0.323 e. The van der Waals surface area contributed by atoms with E-state index in [1.807, 2.05) is 0 Å². The van der Waals surface area contributed by atoms with E-state index >= 15 is 0 Å². The lowest BCUT2D eigenvalue weighted by Crippen LogP contribution is -2.36. The van der Waals surface area contributed by atoms with Gasteiger partial charge in [-0.3, -0.25) is 16.0 Å². The summed E-state index contributed by atoms with van der Waals surface area (Å²) in [7, 11) is -3.68. The molecule has 1 heterocycles. The summed E-state index contributed by atoms with van der Waals surface area (Å²) in [6.45, 7) is 0.923. The maximum absolute atomic E-state index is 12.5. The monoisotopic (exact) mass is 300 g/mol. The van der Waals surface area contributed by atoms with Gasteiger partial charge in [-0.15, -0.1) is 0 Å². The number of nitro benzene ring substituents is 1. The van der Waals surface area contributed by atoms with E-state index in [2.05, 4.69) is 5.43 Å². The molecule has 0 amide bonds. The maximum Gasteiger partial charge on any atom is 0.271 e. The zero-order chi connectivity index (χ0) is 14.8. The van der Waals surface area contributed by atoms with Crippen molar-refractivity contribution >= 4 is 21.4 Å². The fourth-order valence-corrected chi connectivity index (χ4v) is 3.87. The Morgan fingerprint density at radius 2 is 1.90 bits per heavy atom. The minimum atomic E-state index is -3.68. The Bertz CT molecular complexity index is 611. The summed E-state index contributed by atoms with van der Waals surface area (Å²) in [5.41, 5.74) is 2.05. The summed E-state index contributed by atoms with van der Waals surface area (Å²) in [5.74, 6) is 5.29. The van der Waals surface area contributed by atoms with Crippen molar-refractivity contribution < 1.29 is 13.3 Å². The second-order valence-electron chi connectivity index (χ2n) is 4.55. The van der Waals surface area contributed by atoms with Gasteiger partial charge < -0.3 is 5.43 Å². The number of rotatable bonds is 4. The van der Waals surface area contributed by atoms with Crippen molar-refractivity contribution in [2.75, 3.05) is 18.5 Å². The molecule has 1 aromatic carbocycles. The number of hydrogen-bond donors (Lipinski definition) is 2. The number of nitrogens with zero attached hydrogens (tertiary/aromatic N) is 2. The van der Waals surface area contributed by atoms with E-state index < -0.39 is 14.9 Å². The van der Waals surface area contributed by atoms with Crippen LogP contribution in [-0.2, 0) is 10.0 Å². The third kappa shape index (κ3) is 2.74. The smallest absolute Gasteiger partial charge is 0.271 e. The molecule has 8 nitrogen and oxygen atoms in total. The molecule has 2 rings (SSSR count). The average molecular weight is 300 g/mol. The van der Waals surface area contributed by atoms with Gasteiger partial charge in [0.2, 0.25) is 10.0 Å². The van der Waals surface area contributed by atoms with Gasteiger partial charge in [-0.05, 0) is 18.9 Å². The molecule has 0 spiro atoms. The number of sulfonamides is 1. The van der Waals surface area contributed by atoms with Crippen LogP contribution in [-0.4, -0.2) is 30.7 Å². The Balaban J connectivity index is 2.42. The number of piperidine rings is 1. The fraction of sp³-hybridized carbons (Fsp3) is 0.455. The quantitative estimate of drug-likeness (QED) is 0.487. The lowest BCUT2D eigenvalue weighted by Gasteiger charge is -2.26. The molecule has 1 saturated heterocycles. The molecule has 20 heavy (non-hydrogen) atoms. The van der Waals surface area contributed by atoms with Crippen molar-refractivity contribution in [1.29, 1.82) is 0 Å². The number of hydrazine groups is 1. The van der Waals surface area contributed by atoms with Crippen molar-refractivity contribution in [3.63, 3.8) is 0 Å². The standard InChI is InChI=1S/C11H16N4O4S/c12-13-10-8-9(15(16)17)4-5-11(10)20(18,19)14-6-2-1-3-7-14/h4-5,8,13H,1-3,6-7,12H2. The highest BCUT2D eigenvalue weighted by atomic mass is 32.2. The molecule has 0 unspecified atom stereocenters. The second-order valence-corrected chi connectivity index (χ2v) is 6.45. The summed E-state index contributed by atoms with van der Waals surface area (Å²) in [6.07, 6.45) is 2.64. The molecule has 9 heteroatoms. The van der Waals surface area contributed by atoms with Crippen LogP contribution in [0.3, 0.4) is 0 Å². The first-order valence-corrected chi connectivity index (χ1v) is 7.66. The maximum atomic E-state index is 12.5. The van der Waals surface area contributed by atoms with E-state index in [0.29, 0.717) is 13.1 Å². The molecular formula is C11H16N4O4S. The Morgan fingerprint density at radius 1 is 1.25 bits per heavy atom. The summed E-state index contributed by atoms with van der Waals surface area (Å²) in [4.78, 5) is 10.1. The number of nitrogens with two attached hydrogens (primary N) is 1. The first-order valence-electron chi connectivity index (χ1n) is 6.22. The topological polar surface area (TPSA) is 119 Å². The molecular weight excluding hydrogens is 284 g/mol. The molecule has 1 aliphatic rings. The molecule has 0 aliphatic carbocycles. The van der Waals surface area contributed by atoms with Crippen LogP contribution in [0.15, 0.2) is 23.1 Å². The van der Waals surface area contributed by atoms with Crippen LogP contribution < -0.4 is 11.3 Å². The van der Waals surface area contributed by atoms with Gasteiger partial charge in [0, 0.05) is 25.2 Å². The molecule has 3 N–H and O–H groups in total. The molecule has 0 atom stereocenters. The van der Waals surface area contributed by atoms with Crippen LogP contribution in [0.25, 0.3) is 0 Å². The van der Waals surface area contributed by atoms with E-state index in [1.54, 1.807) is 0 Å². The number of non-ortho nitro benzene ring substituents is 1. The van der Waals surface area contributed by atoms with Crippen LogP contribution >= 0.6 is 0 Å². The van der Waals surface area contributed by atoms with E-state index in [1.165, 1.54) is 10.4 Å². The van der Waals surface area contributed by atoms with E-state index in [-0.39, 0.29) is 16.3 Å². The van der Waals surface area contributed by atoms with Gasteiger partial charge in [0.05, 0.1) is 10.6 Å². The fourth-order valence-electron chi connectivity index (χ4n) is 2.21. The molecule has 0 radical (unpaired) electrons. The summed E-state index contributed by atoms with van der Waals surface area (Å²) in [5, 5.41) is 10.7. The normalized spacial score (nSPS) is 16.9. The number of hydrogen-bond acceptors (Lipinski definition) is 6. The molecule has 1 aliphatic heterocycles. The number of nitrogen functional groups attached to an aromatic ring is 1. The van der Waals surface area contributed by atoms with Crippen LogP contribution in [0.5, 0.6) is 0 Å². The molecule has 1 aromatic rings. The van der Waals surface area contributed by atoms with E-state index in [4.69, 9.17) is 5.84 Å². The lowest BCUT2D eigenvalue weighted by molar-refractivity contribution is -0.384. The van der Waals surface area contributed by atoms with Crippen molar-refractivity contribution in [2.45, 2.75) is 24.2 Å². The van der Waals surface area contributed by atoms with E-state index in [9.17, 15) is 18.5 Å². The predicted octanol–water partition coefficient (Wildman–Crippen LogP) is 1.05. The molecule has 110 valence electrons. The van der Waals surface area contributed by atoms with Gasteiger partial charge in [0.15, 0.2) is 0 Å². The van der Waals surface area contributed by atoms with Gasteiger partial charge in [-0.1, -0.05) is 6.42 Å². The Kier molecular flexibility index (Phi) is 4.21. The molecule has 0 saturated carbocycles. The molecule has 0 aromatic heterocycles. The highest BCUT2D eigenvalue weighted by Gasteiger charge is 2.29. The minimum absolute atomic E-state index is 0.0322. The Labute approximate surface area is 116 Å². The van der Waals surface area contributed by atoms with Crippen LogP contribution in [0.1, 0.15) is 19.3 Å². The second kappa shape index (κ2) is 5.73. The zero-order valence-corrected chi connectivity index (χ0v) is 11.6. The van der Waals surface area contributed by atoms with Crippen molar-refractivity contribution in [3.05, 3.63) is 28.3 Å². The molecule has 0 bridgehead atoms. The number of anilines is 1. The van der Waals surface area contributed by atoms with Crippen molar-refractivity contribution in [1.82, 2.24) is 4.31 Å². The van der Waals surface area contributed by atoms with Crippen molar-refractivity contribution in [3.8, 4) is 0 Å². The third-order valence-corrected chi connectivity index (χ3v) is 5.22. The zero-order valence-electron chi connectivity index (χ0n) is 10.8. The predicted molar refractivity (Wildman–Crippen MR) is 73.5 cm³/mol. The van der Waals surface area contributed by atoms with Crippen LogP contribution in [0.4, 0.5) is 11.4 Å². The van der Waals surface area contributed by atoms with Gasteiger partial charge >= 0.3 is 0 Å². The van der Waals surface area contributed by atoms with Gasteiger partial charge in [-0.25, -0.2) is 8.42 Å². The first kappa shape index (κ1) is 14.7. The number of benzene rings is 1. The van der Waals surface area contributed by atoms with Gasteiger partial charge in [-0.2, -0.15) is 4.31 Å². The van der Waals surface area contributed by atoms with Crippen LogP contribution in [0, 0.1) is 10.1 Å². The first-order chi connectivity index (χ1) is 9.46. The number of nitrogens with one attached hydrogen (secondary N) is 1. The van der Waals surface area contributed by atoms with Gasteiger partial charge in [0.1, 0.15) is 4.90 Å². The number of nitro groups is 1. The Morgan fingerprint density at radius 3 is 2.45 bits per heavy atom. The minimum Gasteiger partial charge on any atom is -0.323 e. The highest BCUT2D eigenvalue weighted by molar-refractivity contribution is 7.89. The Hall–Kier alpha value is -1.71. The van der Waals surface area contributed by atoms with E-state index in [0.717, 1.165) is 31.4 Å². The summed E-state index contributed by atoms with van der Waals surface area (Å²) in [6, 6.07) is 3.51. The SMILES string of the molecule is NNc1cc([N+](=O)[O-])ccc1S(=O)(=O)N1CCCCC1. The van der Waals surface area contributed by atoms with Gasteiger partial charge in [0.25, 0.3) is 5.69 Å². The summed E-state index contributed by atoms with van der Waals surface area (Å²) < 4.78 is 26.4. The highest BCUT2D eigenvalue weighted by Crippen LogP contribution is 2.29. The lowest BCUT2D eigenvalue weighted by atomic mass is 10.2. The summed E-state index contributed by atoms with van der Waals surface area (Å²) >= 11 is 0. The van der Waals surface area contributed by atoms with Crippen LogP contribution in [0.2, 0.25) is 0 Å². The average Bonchev–Trinajstić information content (AvgIpc) is 2.47.